The van der Waals surface area contributed by atoms with E-state index < -0.39 is 0 Å². The second-order valence-corrected chi connectivity index (χ2v) is 6.63. The molecule has 0 aliphatic heterocycles. The number of rotatable bonds is 9. The third-order valence-electron chi connectivity index (χ3n) is 3.61. The van der Waals surface area contributed by atoms with Gasteiger partial charge in [-0.3, -0.25) is 0 Å². The molecule has 3 heteroatoms. The van der Waals surface area contributed by atoms with E-state index in [1.165, 1.54) is 56.7 Å². The molecule has 1 aliphatic carbocycles. The van der Waals surface area contributed by atoms with E-state index in [9.17, 15) is 0 Å². The molecule has 0 aromatic carbocycles. The molecule has 1 aliphatic rings. The number of thioether (sulfide) groups is 1. The van der Waals surface area contributed by atoms with Crippen molar-refractivity contribution in [3.05, 3.63) is 0 Å². The van der Waals surface area contributed by atoms with Gasteiger partial charge in [0, 0.05) is 24.1 Å². The molecule has 1 N–H and O–H groups in total. The highest BCUT2D eigenvalue weighted by molar-refractivity contribution is 7.99. The zero-order chi connectivity index (χ0) is 12.5. The van der Waals surface area contributed by atoms with Crippen LogP contribution in [0.25, 0.3) is 0 Å². The SMILES string of the molecule is CCCNC(CSCCN(C)C)C1CCCC1. The van der Waals surface area contributed by atoms with Gasteiger partial charge >= 0.3 is 0 Å². The van der Waals surface area contributed by atoms with Gasteiger partial charge in [0.15, 0.2) is 0 Å². The first-order valence-corrected chi connectivity index (χ1v) is 8.35. The van der Waals surface area contributed by atoms with Crippen LogP contribution in [0.2, 0.25) is 0 Å². The Kier molecular flexibility index (Phi) is 8.33. The molecule has 0 aromatic rings. The first kappa shape index (κ1) is 15.3. The topological polar surface area (TPSA) is 15.3 Å². The number of hydrogen-bond donors (Lipinski definition) is 1. The molecule has 0 amide bonds. The lowest BCUT2D eigenvalue weighted by Crippen LogP contribution is -2.38. The molecule has 102 valence electrons. The van der Waals surface area contributed by atoms with E-state index in [4.69, 9.17) is 0 Å². The molecule has 0 bridgehead atoms. The summed E-state index contributed by atoms with van der Waals surface area (Å²) in [5, 5.41) is 3.77. The van der Waals surface area contributed by atoms with E-state index in [1.807, 2.05) is 0 Å². The summed E-state index contributed by atoms with van der Waals surface area (Å²) in [6.45, 7) is 4.66. The second-order valence-electron chi connectivity index (χ2n) is 5.48. The van der Waals surface area contributed by atoms with Crippen molar-refractivity contribution in [1.82, 2.24) is 10.2 Å². The predicted molar refractivity (Wildman–Crippen MR) is 79.9 cm³/mol. The van der Waals surface area contributed by atoms with Gasteiger partial charge in [0.25, 0.3) is 0 Å². The molecule has 0 heterocycles. The van der Waals surface area contributed by atoms with E-state index in [-0.39, 0.29) is 0 Å². The van der Waals surface area contributed by atoms with E-state index in [0.717, 1.165) is 12.0 Å². The van der Waals surface area contributed by atoms with Crippen LogP contribution >= 0.6 is 11.8 Å². The quantitative estimate of drug-likeness (QED) is 0.640. The Bertz CT molecular complexity index is 179. The molecule has 1 atom stereocenters. The lowest BCUT2D eigenvalue weighted by atomic mass is 10.00. The van der Waals surface area contributed by atoms with Crippen LogP contribution in [0.15, 0.2) is 0 Å². The van der Waals surface area contributed by atoms with E-state index in [1.54, 1.807) is 0 Å². The average Bonchev–Trinajstić information content (AvgIpc) is 2.81. The van der Waals surface area contributed by atoms with E-state index in [0.29, 0.717) is 0 Å². The first-order chi connectivity index (χ1) is 8.24. The normalized spacial score (nSPS) is 19.1. The van der Waals surface area contributed by atoms with Crippen molar-refractivity contribution in [2.45, 2.75) is 45.1 Å². The zero-order valence-electron chi connectivity index (χ0n) is 11.9. The molecule has 17 heavy (non-hydrogen) atoms. The predicted octanol–water partition coefficient (Wildman–Crippen LogP) is 2.84. The monoisotopic (exact) mass is 258 g/mol. The van der Waals surface area contributed by atoms with Crippen LogP contribution in [0.3, 0.4) is 0 Å². The number of nitrogens with one attached hydrogen (secondary N) is 1. The molecule has 2 nitrogen and oxygen atoms in total. The zero-order valence-corrected chi connectivity index (χ0v) is 12.7. The molecular formula is C14H30N2S. The maximum atomic E-state index is 3.77. The highest BCUT2D eigenvalue weighted by Crippen LogP contribution is 2.29. The molecule has 1 rings (SSSR count). The standard InChI is InChI=1S/C14H30N2S/c1-4-9-15-14(13-7-5-6-8-13)12-17-11-10-16(2)3/h13-15H,4-12H2,1-3H3. The van der Waals surface area contributed by atoms with Crippen molar-refractivity contribution in [2.24, 2.45) is 5.92 Å². The Hall–Kier alpha value is 0.270. The summed E-state index contributed by atoms with van der Waals surface area (Å²) in [4.78, 5) is 2.27. The van der Waals surface area contributed by atoms with Crippen LogP contribution < -0.4 is 5.32 Å². The van der Waals surface area contributed by atoms with Crippen molar-refractivity contribution in [3.63, 3.8) is 0 Å². The molecule has 0 aromatic heterocycles. The maximum absolute atomic E-state index is 3.77. The van der Waals surface area contributed by atoms with Crippen LogP contribution in [0.5, 0.6) is 0 Å². The Morgan fingerprint density at radius 2 is 2.00 bits per heavy atom. The number of hydrogen-bond acceptors (Lipinski definition) is 3. The molecular weight excluding hydrogens is 228 g/mol. The van der Waals surface area contributed by atoms with Crippen molar-refractivity contribution in [1.29, 1.82) is 0 Å². The van der Waals surface area contributed by atoms with Crippen molar-refractivity contribution in [2.75, 3.05) is 38.7 Å². The Balaban J connectivity index is 2.20. The summed E-state index contributed by atoms with van der Waals surface area (Å²) in [6, 6.07) is 0.768. The van der Waals surface area contributed by atoms with E-state index in [2.05, 4.69) is 43.0 Å². The maximum Gasteiger partial charge on any atom is 0.0186 e. The summed E-state index contributed by atoms with van der Waals surface area (Å²) < 4.78 is 0. The van der Waals surface area contributed by atoms with Gasteiger partial charge < -0.3 is 10.2 Å². The summed E-state index contributed by atoms with van der Waals surface area (Å²) in [5.74, 6) is 3.52. The van der Waals surface area contributed by atoms with Gasteiger partial charge in [-0.25, -0.2) is 0 Å². The molecule has 1 saturated carbocycles. The lowest BCUT2D eigenvalue weighted by molar-refractivity contribution is 0.387. The fraction of sp³-hybridized carbons (Fsp3) is 1.00. The van der Waals surface area contributed by atoms with Crippen molar-refractivity contribution in [3.8, 4) is 0 Å². The summed E-state index contributed by atoms with van der Waals surface area (Å²) >= 11 is 2.12. The highest BCUT2D eigenvalue weighted by atomic mass is 32.2. The molecule has 0 radical (unpaired) electrons. The molecule has 0 saturated heterocycles. The smallest absolute Gasteiger partial charge is 0.0186 e. The van der Waals surface area contributed by atoms with Crippen LogP contribution in [-0.4, -0.2) is 49.6 Å². The van der Waals surface area contributed by atoms with Crippen LogP contribution in [-0.2, 0) is 0 Å². The Morgan fingerprint density at radius 1 is 1.29 bits per heavy atom. The average molecular weight is 258 g/mol. The summed E-state index contributed by atoms with van der Waals surface area (Å²) in [7, 11) is 4.31. The van der Waals surface area contributed by atoms with Crippen molar-refractivity contribution < 1.29 is 0 Å². The minimum absolute atomic E-state index is 0.768. The van der Waals surface area contributed by atoms with Gasteiger partial charge in [-0.2, -0.15) is 11.8 Å². The lowest BCUT2D eigenvalue weighted by Gasteiger charge is -2.24. The fourth-order valence-electron chi connectivity index (χ4n) is 2.51. The Labute approximate surface area is 112 Å². The number of nitrogens with zero attached hydrogens (tertiary/aromatic N) is 1. The second kappa shape index (κ2) is 9.23. The first-order valence-electron chi connectivity index (χ1n) is 7.20. The highest BCUT2D eigenvalue weighted by Gasteiger charge is 2.24. The molecule has 0 spiro atoms. The van der Waals surface area contributed by atoms with Gasteiger partial charge in [0.05, 0.1) is 0 Å². The van der Waals surface area contributed by atoms with Gasteiger partial charge in [-0.05, 0) is 45.8 Å². The van der Waals surface area contributed by atoms with Gasteiger partial charge in [0.1, 0.15) is 0 Å². The Morgan fingerprint density at radius 3 is 2.59 bits per heavy atom. The molecule has 1 unspecified atom stereocenters. The van der Waals surface area contributed by atoms with Crippen LogP contribution in [0.4, 0.5) is 0 Å². The van der Waals surface area contributed by atoms with Crippen LogP contribution in [0, 0.1) is 5.92 Å². The summed E-state index contributed by atoms with van der Waals surface area (Å²) in [6.07, 6.45) is 7.07. The summed E-state index contributed by atoms with van der Waals surface area (Å²) in [5.41, 5.74) is 0. The van der Waals surface area contributed by atoms with Crippen LogP contribution in [0.1, 0.15) is 39.0 Å². The largest absolute Gasteiger partial charge is 0.313 e. The third kappa shape index (κ3) is 6.68. The van der Waals surface area contributed by atoms with E-state index >= 15 is 0 Å². The minimum atomic E-state index is 0.768. The van der Waals surface area contributed by atoms with Gasteiger partial charge in [-0.1, -0.05) is 19.8 Å². The van der Waals surface area contributed by atoms with Gasteiger partial charge in [-0.15, -0.1) is 0 Å². The minimum Gasteiger partial charge on any atom is -0.313 e. The van der Waals surface area contributed by atoms with Gasteiger partial charge in [0.2, 0.25) is 0 Å². The molecule has 1 fully saturated rings. The van der Waals surface area contributed by atoms with Crippen molar-refractivity contribution >= 4 is 11.8 Å². The fourth-order valence-corrected chi connectivity index (χ4v) is 3.81. The third-order valence-corrected chi connectivity index (χ3v) is 4.67.